The molecule has 0 saturated carbocycles. The highest BCUT2D eigenvalue weighted by molar-refractivity contribution is 5.90. The summed E-state index contributed by atoms with van der Waals surface area (Å²) in [4.78, 5) is 11.8. The van der Waals surface area contributed by atoms with Crippen molar-refractivity contribution in [1.82, 2.24) is 25.5 Å². The summed E-state index contributed by atoms with van der Waals surface area (Å²) in [6.07, 6.45) is 1.40. The Balaban J connectivity index is 0.00000161. The van der Waals surface area contributed by atoms with E-state index in [1.165, 1.54) is 11.0 Å². The van der Waals surface area contributed by atoms with Gasteiger partial charge in [-0.15, -0.1) is 17.5 Å². The smallest absolute Gasteiger partial charge is 0.246 e. The number of nitrogens with zero attached hydrogens (tertiary/aromatic N) is 4. The summed E-state index contributed by atoms with van der Waals surface area (Å²) in [7, 11) is 0. The largest absolute Gasteiger partial charge is 0.492 e. The molecule has 1 aromatic heterocycles. The molecule has 1 aliphatic heterocycles. The molecule has 21 heavy (non-hydrogen) atoms. The first-order valence-electron chi connectivity index (χ1n) is 6.28. The van der Waals surface area contributed by atoms with E-state index in [1.54, 1.807) is 0 Å². The van der Waals surface area contributed by atoms with E-state index < -0.39 is 0 Å². The highest BCUT2D eigenvalue weighted by atomic mass is 35.5. The van der Waals surface area contributed by atoms with Crippen LogP contribution in [0.3, 0.4) is 0 Å². The van der Waals surface area contributed by atoms with E-state index in [-0.39, 0.29) is 24.9 Å². The SMILES string of the molecule is Cl.O=C(Cn1cnnn1)Nc1ccc2c(c1)CNCCO2. The van der Waals surface area contributed by atoms with Crippen LogP contribution in [0.4, 0.5) is 5.69 Å². The van der Waals surface area contributed by atoms with Crippen LogP contribution in [-0.2, 0) is 17.9 Å². The van der Waals surface area contributed by atoms with Crippen molar-refractivity contribution >= 4 is 24.0 Å². The summed E-state index contributed by atoms with van der Waals surface area (Å²) >= 11 is 0. The van der Waals surface area contributed by atoms with Crippen molar-refractivity contribution in [3.63, 3.8) is 0 Å². The first-order chi connectivity index (χ1) is 9.81. The quantitative estimate of drug-likeness (QED) is 0.842. The number of fused-ring (bicyclic) bond motifs is 1. The van der Waals surface area contributed by atoms with Gasteiger partial charge >= 0.3 is 0 Å². The minimum Gasteiger partial charge on any atom is -0.492 e. The summed E-state index contributed by atoms with van der Waals surface area (Å²) in [5.41, 5.74) is 1.76. The number of hydrogen-bond acceptors (Lipinski definition) is 6. The molecule has 112 valence electrons. The predicted molar refractivity (Wildman–Crippen MR) is 77.3 cm³/mol. The Morgan fingerprint density at radius 3 is 3.19 bits per heavy atom. The lowest BCUT2D eigenvalue weighted by atomic mass is 10.1. The van der Waals surface area contributed by atoms with Crippen molar-refractivity contribution in [3.05, 3.63) is 30.1 Å². The van der Waals surface area contributed by atoms with Crippen molar-refractivity contribution < 1.29 is 9.53 Å². The number of tetrazole rings is 1. The van der Waals surface area contributed by atoms with E-state index in [9.17, 15) is 4.79 Å². The number of carbonyl (C=O) groups is 1. The maximum atomic E-state index is 11.8. The predicted octanol–water partition coefficient (Wildman–Crippen LogP) is 0.216. The first kappa shape index (κ1) is 15.2. The van der Waals surface area contributed by atoms with Gasteiger partial charge in [-0.25, -0.2) is 4.68 Å². The number of ether oxygens (including phenoxy) is 1. The molecular weight excluding hydrogens is 296 g/mol. The van der Waals surface area contributed by atoms with Crippen LogP contribution in [-0.4, -0.2) is 39.3 Å². The lowest BCUT2D eigenvalue weighted by molar-refractivity contribution is -0.116. The lowest BCUT2D eigenvalue weighted by Gasteiger charge is -2.10. The second kappa shape index (κ2) is 7.00. The third kappa shape index (κ3) is 3.89. The molecule has 2 aromatic rings. The number of rotatable bonds is 3. The topological polar surface area (TPSA) is 94.0 Å². The van der Waals surface area contributed by atoms with E-state index in [0.29, 0.717) is 6.61 Å². The van der Waals surface area contributed by atoms with Gasteiger partial charge in [-0.2, -0.15) is 0 Å². The van der Waals surface area contributed by atoms with E-state index >= 15 is 0 Å². The molecule has 0 radical (unpaired) electrons. The van der Waals surface area contributed by atoms with Gasteiger partial charge in [0.1, 0.15) is 25.2 Å². The summed E-state index contributed by atoms with van der Waals surface area (Å²) in [6, 6.07) is 5.60. The average molecular weight is 311 g/mol. The Hall–Kier alpha value is -2.19. The molecule has 0 atom stereocenters. The van der Waals surface area contributed by atoms with Crippen LogP contribution in [0, 0.1) is 0 Å². The molecule has 1 aromatic carbocycles. The number of amides is 1. The maximum absolute atomic E-state index is 11.8. The number of anilines is 1. The lowest BCUT2D eigenvalue weighted by Crippen LogP contribution is -2.19. The molecule has 1 aliphatic rings. The Labute approximate surface area is 127 Å². The minimum absolute atomic E-state index is 0. The molecule has 0 fully saturated rings. The number of hydrogen-bond donors (Lipinski definition) is 2. The highest BCUT2D eigenvalue weighted by Gasteiger charge is 2.10. The van der Waals surface area contributed by atoms with E-state index in [0.717, 1.165) is 30.1 Å². The molecular formula is C12H15ClN6O2. The van der Waals surface area contributed by atoms with Crippen LogP contribution < -0.4 is 15.4 Å². The average Bonchev–Trinajstić information content (AvgIpc) is 2.82. The fourth-order valence-electron chi connectivity index (χ4n) is 1.99. The van der Waals surface area contributed by atoms with Crippen LogP contribution in [0.1, 0.15) is 5.56 Å². The third-order valence-corrected chi connectivity index (χ3v) is 2.89. The highest BCUT2D eigenvalue weighted by Crippen LogP contribution is 2.24. The molecule has 9 heteroatoms. The molecule has 0 aliphatic carbocycles. The van der Waals surface area contributed by atoms with Crippen molar-refractivity contribution in [3.8, 4) is 5.75 Å². The number of benzene rings is 1. The van der Waals surface area contributed by atoms with Gasteiger partial charge in [0.2, 0.25) is 5.91 Å². The zero-order valence-corrected chi connectivity index (χ0v) is 12.0. The first-order valence-corrected chi connectivity index (χ1v) is 6.28. The maximum Gasteiger partial charge on any atom is 0.246 e. The van der Waals surface area contributed by atoms with Gasteiger partial charge < -0.3 is 15.4 Å². The van der Waals surface area contributed by atoms with Gasteiger partial charge in [0, 0.05) is 24.3 Å². The van der Waals surface area contributed by atoms with Crippen LogP contribution in [0.15, 0.2) is 24.5 Å². The van der Waals surface area contributed by atoms with Crippen molar-refractivity contribution in [2.75, 3.05) is 18.5 Å². The van der Waals surface area contributed by atoms with E-state index in [2.05, 4.69) is 26.2 Å². The van der Waals surface area contributed by atoms with Crippen LogP contribution in [0.5, 0.6) is 5.75 Å². The van der Waals surface area contributed by atoms with Crippen molar-refractivity contribution in [2.45, 2.75) is 13.1 Å². The van der Waals surface area contributed by atoms with E-state index in [1.807, 2.05) is 18.2 Å². The molecule has 3 rings (SSSR count). The van der Waals surface area contributed by atoms with Crippen LogP contribution in [0.2, 0.25) is 0 Å². The number of halogens is 1. The summed E-state index contributed by atoms with van der Waals surface area (Å²) in [5.74, 6) is 0.674. The summed E-state index contributed by atoms with van der Waals surface area (Å²) < 4.78 is 6.95. The van der Waals surface area contributed by atoms with Gasteiger partial charge in [0.05, 0.1) is 0 Å². The Bertz CT molecular complexity index is 604. The molecule has 1 amide bonds. The molecule has 0 bridgehead atoms. The molecule has 2 heterocycles. The number of nitrogens with one attached hydrogen (secondary N) is 2. The number of aromatic nitrogens is 4. The summed E-state index contributed by atoms with van der Waals surface area (Å²) in [5, 5.41) is 16.7. The zero-order chi connectivity index (χ0) is 13.8. The van der Waals surface area contributed by atoms with Crippen molar-refractivity contribution in [2.24, 2.45) is 0 Å². The van der Waals surface area contributed by atoms with Crippen LogP contribution in [0.25, 0.3) is 0 Å². The second-order valence-electron chi connectivity index (χ2n) is 4.40. The van der Waals surface area contributed by atoms with E-state index in [4.69, 9.17) is 4.74 Å². The molecule has 0 spiro atoms. The fourth-order valence-corrected chi connectivity index (χ4v) is 1.99. The fraction of sp³-hybridized carbons (Fsp3) is 0.333. The van der Waals surface area contributed by atoms with Gasteiger partial charge in [-0.05, 0) is 28.6 Å². The Morgan fingerprint density at radius 2 is 2.38 bits per heavy atom. The molecule has 0 saturated heterocycles. The Morgan fingerprint density at radius 1 is 1.48 bits per heavy atom. The normalized spacial score (nSPS) is 13.3. The zero-order valence-electron chi connectivity index (χ0n) is 11.2. The van der Waals surface area contributed by atoms with Gasteiger partial charge in [-0.1, -0.05) is 0 Å². The Kier molecular flexibility index (Phi) is 5.07. The van der Waals surface area contributed by atoms with Gasteiger partial charge in [0.15, 0.2) is 0 Å². The van der Waals surface area contributed by atoms with Gasteiger partial charge in [-0.3, -0.25) is 4.79 Å². The summed E-state index contributed by atoms with van der Waals surface area (Å²) in [6.45, 7) is 2.28. The monoisotopic (exact) mass is 310 g/mol. The number of carbonyl (C=O) groups excluding carboxylic acids is 1. The van der Waals surface area contributed by atoms with Crippen LogP contribution >= 0.6 is 12.4 Å². The van der Waals surface area contributed by atoms with Gasteiger partial charge in [0.25, 0.3) is 0 Å². The van der Waals surface area contributed by atoms with Crippen molar-refractivity contribution in [1.29, 1.82) is 0 Å². The molecule has 2 N–H and O–H groups in total. The molecule has 8 nitrogen and oxygen atoms in total. The third-order valence-electron chi connectivity index (χ3n) is 2.89. The second-order valence-corrected chi connectivity index (χ2v) is 4.40. The standard InChI is InChI=1S/C12H14N6O2.ClH/c19-12(7-18-8-14-16-17-18)15-10-1-2-11-9(5-10)6-13-3-4-20-11;/h1-2,5,8,13H,3-4,6-7H2,(H,15,19);1H. The minimum atomic E-state index is -0.181. The molecule has 0 unspecified atom stereocenters.